The Morgan fingerprint density at radius 2 is 1.67 bits per heavy atom. The zero-order valence-electron chi connectivity index (χ0n) is 13.3. The first kappa shape index (κ1) is 19.1. The third-order valence-corrected chi connectivity index (χ3v) is 8.03. The van der Waals surface area contributed by atoms with Gasteiger partial charge in [0.15, 0.2) is 9.84 Å². The highest BCUT2D eigenvalue weighted by atomic mass is 32.2. The molecule has 2 rings (SSSR count). The topological polar surface area (TPSA) is 92.3 Å². The quantitative estimate of drug-likeness (QED) is 0.724. The SMILES string of the molecule is CC(C)NS(=O)(=O)NCC(c1ccccc1)S(=O)(=O)c1cccs1. The van der Waals surface area contributed by atoms with Gasteiger partial charge in [-0.3, -0.25) is 0 Å². The highest BCUT2D eigenvalue weighted by Gasteiger charge is 2.31. The maximum atomic E-state index is 12.9. The molecule has 0 aliphatic heterocycles. The van der Waals surface area contributed by atoms with E-state index in [1.165, 1.54) is 6.07 Å². The third kappa shape index (κ3) is 4.87. The summed E-state index contributed by atoms with van der Waals surface area (Å²) in [6.07, 6.45) is 0. The number of nitrogens with one attached hydrogen (secondary N) is 2. The first-order valence-electron chi connectivity index (χ1n) is 7.31. The number of sulfone groups is 1. The van der Waals surface area contributed by atoms with E-state index >= 15 is 0 Å². The van der Waals surface area contributed by atoms with E-state index in [2.05, 4.69) is 9.44 Å². The molecule has 0 saturated carbocycles. The highest BCUT2D eigenvalue weighted by molar-refractivity contribution is 7.93. The van der Waals surface area contributed by atoms with Crippen LogP contribution in [0.3, 0.4) is 0 Å². The van der Waals surface area contributed by atoms with Crippen molar-refractivity contribution in [1.29, 1.82) is 0 Å². The Hall–Kier alpha value is -1.26. The van der Waals surface area contributed by atoms with Crippen LogP contribution in [0.25, 0.3) is 0 Å². The largest absolute Gasteiger partial charge is 0.277 e. The summed E-state index contributed by atoms with van der Waals surface area (Å²) in [6, 6.07) is 11.5. The van der Waals surface area contributed by atoms with E-state index in [0.29, 0.717) is 5.56 Å². The fourth-order valence-corrected chi connectivity index (χ4v) is 6.24. The molecule has 9 heteroatoms. The lowest BCUT2D eigenvalue weighted by Crippen LogP contribution is -2.42. The van der Waals surface area contributed by atoms with Crippen LogP contribution in [0.5, 0.6) is 0 Å². The maximum Gasteiger partial charge on any atom is 0.277 e. The van der Waals surface area contributed by atoms with Crippen LogP contribution in [0.4, 0.5) is 0 Å². The predicted octanol–water partition coefficient (Wildman–Crippen LogP) is 2.10. The second-order valence-corrected chi connectivity index (χ2v) is 10.3. The Morgan fingerprint density at radius 3 is 2.21 bits per heavy atom. The number of hydrogen-bond acceptors (Lipinski definition) is 5. The van der Waals surface area contributed by atoms with Gasteiger partial charge in [0.1, 0.15) is 9.46 Å². The van der Waals surface area contributed by atoms with E-state index in [0.717, 1.165) is 11.3 Å². The summed E-state index contributed by atoms with van der Waals surface area (Å²) < 4.78 is 54.7. The van der Waals surface area contributed by atoms with Crippen LogP contribution in [0, 0.1) is 0 Å². The molecule has 2 N–H and O–H groups in total. The minimum absolute atomic E-state index is 0.215. The molecule has 0 radical (unpaired) electrons. The van der Waals surface area contributed by atoms with Crippen molar-refractivity contribution in [2.24, 2.45) is 0 Å². The van der Waals surface area contributed by atoms with Gasteiger partial charge in [-0.2, -0.15) is 13.1 Å². The van der Waals surface area contributed by atoms with Crippen molar-refractivity contribution in [2.45, 2.75) is 29.3 Å². The van der Waals surface area contributed by atoms with Gasteiger partial charge in [-0.25, -0.2) is 13.1 Å². The maximum absolute atomic E-state index is 12.9. The molecule has 0 bridgehead atoms. The molecule has 1 atom stereocenters. The average Bonchev–Trinajstić information content (AvgIpc) is 3.01. The van der Waals surface area contributed by atoms with Crippen molar-refractivity contribution in [3.63, 3.8) is 0 Å². The smallest absolute Gasteiger partial charge is 0.222 e. The van der Waals surface area contributed by atoms with Crippen molar-refractivity contribution < 1.29 is 16.8 Å². The molecule has 1 heterocycles. The van der Waals surface area contributed by atoms with Crippen molar-refractivity contribution in [1.82, 2.24) is 9.44 Å². The van der Waals surface area contributed by atoms with Gasteiger partial charge in [0, 0.05) is 12.6 Å². The highest BCUT2D eigenvalue weighted by Crippen LogP contribution is 2.31. The summed E-state index contributed by atoms with van der Waals surface area (Å²) in [6.45, 7) is 3.14. The van der Waals surface area contributed by atoms with Gasteiger partial charge in [0.2, 0.25) is 0 Å². The number of thiophene rings is 1. The Morgan fingerprint density at radius 1 is 1.00 bits per heavy atom. The number of hydrogen-bond donors (Lipinski definition) is 2. The minimum atomic E-state index is -3.77. The molecule has 0 amide bonds. The van der Waals surface area contributed by atoms with Crippen molar-refractivity contribution in [3.8, 4) is 0 Å². The van der Waals surface area contributed by atoms with Crippen LogP contribution >= 0.6 is 11.3 Å². The molecule has 0 aliphatic rings. The summed E-state index contributed by atoms with van der Waals surface area (Å²) in [4.78, 5) is 0. The molecule has 2 aromatic rings. The van der Waals surface area contributed by atoms with E-state index in [9.17, 15) is 16.8 Å². The zero-order chi connectivity index (χ0) is 17.8. The molecule has 1 aromatic carbocycles. The Labute approximate surface area is 147 Å². The normalized spacial score (nSPS) is 14.0. The van der Waals surface area contributed by atoms with Crippen molar-refractivity contribution in [3.05, 3.63) is 53.4 Å². The van der Waals surface area contributed by atoms with E-state index in [4.69, 9.17) is 0 Å². The molecule has 6 nitrogen and oxygen atoms in total. The van der Waals surface area contributed by atoms with Gasteiger partial charge in [0.05, 0.1) is 0 Å². The van der Waals surface area contributed by atoms with Gasteiger partial charge < -0.3 is 0 Å². The second kappa shape index (κ2) is 7.75. The van der Waals surface area contributed by atoms with Crippen LogP contribution in [0.2, 0.25) is 0 Å². The van der Waals surface area contributed by atoms with Crippen molar-refractivity contribution in [2.75, 3.05) is 6.54 Å². The van der Waals surface area contributed by atoms with Crippen LogP contribution in [0.15, 0.2) is 52.1 Å². The molecular weight excluding hydrogens is 368 g/mol. The van der Waals surface area contributed by atoms with Gasteiger partial charge in [-0.05, 0) is 30.9 Å². The molecule has 1 unspecified atom stereocenters. The van der Waals surface area contributed by atoms with Crippen LogP contribution in [-0.4, -0.2) is 29.4 Å². The number of benzene rings is 1. The van der Waals surface area contributed by atoms with E-state index < -0.39 is 25.3 Å². The monoisotopic (exact) mass is 388 g/mol. The van der Waals surface area contributed by atoms with Gasteiger partial charge in [-0.15, -0.1) is 11.3 Å². The molecule has 0 saturated heterocycles. The summed E-state index contributed by atoms with van der Waals surface area (Å²) >= 11 is 1.12. The van der Waals surface area contributed by atoms with Gasteiger partial charge >= 0.3 is 0 Å². The minimum Gasteiger partial charge on any atom is -0.222 e. The van der Waals surface area contributed by atoms with E-state index in [1.54, 1.807) is 55.6 Å². The van der Waals surface area contributed by atoms with Crippen LogP contribution in [0.1, 0.15) is 24.7 Å². The first-order chi connectivity index (χ1) is 11.2. The second-order valence-electron chi connectivity index (χ2n) is 5.50. The Bertz CT molecular complexity index is 845. The summed E-state index contributed by atoms with van der Waals surface area (Å²) in [5.41, 5.74) is 0.540. The van der Waals surface area contributed by atoms with Crippen LogP contribution < -0.4 is 9.44 Å². The molecule has 24 heavy (non-hydrogen) atoms. The van der Waals surface area contributed by atoms with Gasteiger partial charge in [-0.1, -0.05) is 36.4 Å². The molecule has 0 fully saturated rings. The third-order valence-electron chi connectivity index (χ3n) is 3.17. The van der Waals surface area contributed by atoms with E-state index in [-0.39, 0.29) is 16.8 Å². The fourth-order valence-electron chi connectivity index (χ4n) is 2.18. The molecule has 1 aromatic heterocycles. The molecule has 0 aliphatic carbocycles. The lowest BCUT2D eigenvalue weighted by atomic mass is 10.1. The average molecular weight is 389 g/mol. The molecule has 132 valence electrons. The fraction of sp³-hybridized carbons (Fsp3) is 0.333. The Balaban J connectivity index is 2.32. The summed E-state index contributed by atoms with van der Waals surface area (Å²) in [5.74, 6) is 0. The lowest BCUT2D eigenvalue weighted by Gasteiger charge is -2.19. The molecular formula is C15H20N2O4S3. The van der Waals surface area contributed by atoms with Crippen molar-refractivity contribution >= 4 is 31.4 Å². The summed E-state index contributed by atoms with van der Waals surface area (Å²) in [5, 5.41) is 0.681. The van der Waals surface area contributed by atoms with E-state index in [1.807, 2.05) is 0 Å². The van der Waals surface area contributed by atoms with Gasteiger partial charge in [0.25, 0.3) is 10.2 Å². The predicted molar refractivity (Wildman–Crippen MR) is 95.9 cm³/mol. The zero-order valence-corrected chi connectivity index (χ0v) is 15.8. The first-order valence-corrected chi connectivity index (χ1v) is 11.2. The summed E-state index contributed by atoms with van der Waals surface area (Å²) in [7, 11) is -7.47. The number of rotatable bonds is 8. The van der Waals surface area contributed by atoms with Crippen LogP contribution in [-0.2, 0) is 20.0 Å². The Kier molecular flexibility index (Phi) is 6.16. The molecule has 0 spiro atoms. The standard InChI is InChI=1S/C15H20N2O4S3/c1-12(2)17-24(20,21)16-11-14(13-7-4-3-5-8-13)23(18,19)15-9-6-10-22-15/h3-10,12,14,16-17H,11H2,1-2H3. The lowest BCUT2D eigenvalue weighted by molar-refractivity contribution is 0.550.